The van der Waals surface area contributed by atoms with Crippen LogP contribution in [-0.4, -0.2) is 60.8 Å². The Bertz CT molecular complexity index is 1420. The Kier molecular flexibility index (Phi) is 5.08. The molecule has 6 atom stereocenters. The van der Waals surface area contributed by atoms with Crippen molar-refractivity contribution in [3.8, 4) is 5.75 Å². The van der Waals surface area contributed by atoms with E-state index in [4.69, 9.17) is 11.5 Å². The zero-order valence-corrected chi connectivity index (χ0v) is 18.4. The van der Waals surface area contributed by atoms with Crippen molar-refractivity contribution < 1.29 is 44.3 Å². The Balaban J connectivity index is 1.85. The number of carbonyl (C=O) groups excluding carboxylic acids is 3. The van der Waals surface area contributed by atoms with Crippen LogP contribution in [0.25, 0.3) is 0 Å². The normalized spacial score (nSPS) is 31.6. The molecule has 9 N–H and O–H groups in total. The van der Waals surface area contributed by atoms with Crippen LogP contribution in [0.1, 0.15) is 27.4 Å². The molecule has 0 aliphatic heterocycles. The highest BCUT2D eigenvalue weighted by Crippen LogP contribution is 2.56. The van der Waals surface area contributed by atoms with E-state index >= 15 is 0 Å². The summed E-state index contributed by atoms with van der Waals surface area (Å²) in [7, 11) is 0. The molecular weight excluding hydrogens is 475 g/mol. The summed E-state index contributed by atoms with van der Waals surface area (Å²) in [6.07, 6.45) is -1.84. The van der Waals surface area contributed by atoms with Crippen LogP contribution in [0, 0.1) is 17.7 Å². The lowest BCUT2D eigenvalue weighted by Crippen LogP contribution is -2.68. The van der Waals surface area contributed by atoms with Crippen LogP contribution in [-0.2, 0) is 9.59 Å². The average molecular weight is 496 g/mol. The summed E-state index contributed by atoms with van der Waals surface area (Å²) in [5.74, 6) is -11.2. The Labute approximate surface area is 202 Å². The van der Waals surface area contributed by atoms with Gasteiger partial charge in [0.05, 0.1) is 23.6 Å². The highest BCUT2D eigenvalue weighted by molar-refractivity contribution is 6.25. The summed E-state index contributed by atoms with van der Waals surface area (Å²) in [6, 6.07) is 7.53. The molecule has 0 aromatic heterocycles. The number of phenolic OH excluding ortho intramolecular Hbond substituents is 1. The van der Waals surface area contributed by atoms with Gasteiger partial charge in [0, 0.05) is 17.4 Å². The van der Waals surface area contributed by atoms with Crippen molar-refractivity contribution in [3.63, 3.8) is 0 Å². The SMILES string of the molecule is NC(=O)C1=C(O)[C@@H](N)[C@@H]2[C@@H](O)[C@H]3C(=C(O)[C@]2(O)C1=O)C(=O)c1c(O)cccc1[C@H]3c1ccc(F)cc1. The number of phenols is 1. The van der Waals surface area contributed by atoms with Crippen molar-refractivity contribution >= 4 is 17.5 Å². The molecule has 0 bridgehead atoms. The number of nitrogens with two attached hydrogens (primary N) is 2. The molecule has 3 aliphatic carbocycles. The molecule has 186 valence electrons. The van der Waals surface area contributed by atoms with E-state index in [1.54, 1.807) is 0 Å². The highest BCUT2D eigenvalue weighted by atomic mass is 19.1. The number of rotatable bonds is 2. The van der Waals surface area contributed by atoms with E-state index in [0.717, 1.165) is 12.1 Å². The van der Waals surface area contributed by atoms with Gasteiger partial charge in [0.1, 0.15) is 28.7 Å². The third kappa shape index (κ3) is 2.84. The molecule has 10 nitrogen and oxygen atoms in total. The van der Waals surface area contributed by atoms with Crippen molar-refractivity contribution in [2.45, 2.75) is 23.7 Å². The summed E-state index contributed by atoms with van der Waals surface area (Å²) >= 11 is 0. The lowest BCUT2D eigenvalue weighted by molar-refractivity contribution is -0.156. The molecular formula is C25H21FN2O8. The predicted molar refractivity (Wildman–Crippen MR) is 120 cm³/mol. The van der Waals surface area contributed by atoms with Crippen molar-refractivity contribution in [1.82, 2.24) is 0 Å². The van der Waals surface area contributed by atoms with E-state index < -0.39 is 87.2 Å². The maximum Gasteiger partial charge on any atom is 0.255 e. The van der Waals surface area contributed by atoms with Crippen LogP contribution in [0.15, 0.2) is 65.1 Å². The first-order chi connectivity index (χ1) is 16.9. The van der Waals surface area contributed by atoms with Crippen LogP contribution in [0.3, 0.4) is 0 Å². The molecule has 2 aromatic carbocycles. The molecule has 0 spiro atoms. The number of aliphatic hydroxyl groups excluding tert-OH is 3. The second-order valence-corrected chi connectivity index (χ2v) is 9.15. The molecule has 0 radical (unpaired) electrons. The fourth-order valence-electron chi connectivity index (χ4n) is 5.85. The molecule has 3 aliphatic rings. The molecule has 36 heavy (non-hydrogen) atoms. The lowest BCUT2D eigenvalue weighted by Gasteiger charge is -2.52. The minimum atomic E-state index is -3.08. The predicted octanol–water partition coefficient (Wildman–Crippen LogP) is 0.217. The minimum Gasteiger partial charge on any atom is -0.510 e. The number of ketones is 2. The Morgan fingerprint density at radius 3 is 2.28 bits per heavy atom. The Hall–Kier alpha value is -4.06. The van der Waals surface area contributed by atoms with Gasteiger partial charge in [-0.05, 0) is 29.3 Å². The van der Waals surface area contributed by atoms with Crippen molar-refractivity contribution in [3.05, 3.63) is 87.6 Å². The van der Waals surface area contributed by atoms with E-state index in [9.17, 15) is 44.3 Å². The Morgan fingerprint density at radius 1 is 1.03 bits per heavy atom. The van der Waals surface area contributed by atoms with E-state index in [1.165, 1.54) is 30.3 Å². The number of aromatic hydroxyl groups is 1. The highest BCUT2D eigenvalue weighted by Gasteiger charge is 2.66. The van der Waals surface area contributed by atoms with E-state index in [1.807, 2.05) is 0 Å². The molecule has 1 amide bonds. The third-order valence-electron chi connectivity index (χ3n) is 7.42. The van der Waals surface area contributed by atoms with Crippen LogP contribution in [0.2, 0.25) is 0 Å². The number of halogens is 1. The molecule has 0 fully saturated rings. The minimum absolute atomic E-state index is 0.242. The fraction of sp³-hybridized carbons (Fsp3) is 0.240. The van der Waals surface area contributed by atoms with Crippen molar-refractivity contribution in [2.75, 3.05) is 0 Å². The number of primary amides is 1. The van der Waals surface area contributed by atoms with Crippen molar-refractivity contribution in [1.29, 1.82) is 0 Å². The number of carbonyl (C=O) groups is 3. The fourth-order valence-corrected chi connectivity index (χ4v) is 5.85. The third-order valence-corrected chi connectivity index (χ3v) is 7.42. The number of amides is 1. The van der Waals surface area contributed by atoms with Gasteiger partial charge in [0.15, 0.2) is 11.4 Å². The smallest absolute Gasteiger partial charge is 0.255 e. The first-order valence-electron chi connectivity index (χ1n) is 10.9. The molecule has 0 saturated heterocycles. The van der Waals surface area contributed by atoms with Gasteiger partial charge < -0.3 is 37.0 Å². The number of aliphatic hydroxyl groups is 4. The zero-order valence-electron chi connectivity index (χ0n) is 18.4. The van der Waals surface area contributed by atoms with E-state index in [0.29, 0.717) is 5.56 Å². The maximum atomic E-state index is 13.7. The van der Waals surface area contributed by atoms with Gasteiger partial charge in [0.25, 0.3) is 5.91 Å². The molecule has 0 heterocycles. The van der Waals surface area contributed by atoms with Gasteiger partial charge in [-0.15, -0.1) is 0 Å². The summed E-state index contributed by atoms with van der Waals surface area (Å²) in [5, 5.41) is 55.2. The second-order valence-electron chi connectivity index (χ2n) is 9.15. The van der Waals surface area contributed by atoms with E-state index in [2.05, 4.69) is 0 Å². The number of Topliss-reactive ketones (excluding diaryl/α,β-unsaturated/α-hetero) is 2. The van der Waals surface area contributed by atoms with Gasteiger partial charge in [-0.25, -0.2) is 4.39 Å². The van der Waals surface area contributed by atoms with Crippen LogP contribution >= 0.6 is 0 Å². The number of fused-ring (bicyclic) bond motifs is 3. The first kappa shape index (κ1) is 23.7. The number of hydrogen-bond acceptors (Lipinski definition) is 9. The summed E-state index contributed by atoms with van der Waals surface area (Å²) in [6.45, 7) is 0. The van der Waals surface area contributed by atoms with Crippen molar-refractivity contribution in [2.24, 2.45) is 23.3 Å². The van der Waals surface area contributed by atoms with Gasteiger partial charge in [-0.2, -0.15) is 0 Å². The van der Waals surface area contributed by atoms with Gasteiger partial charge in [0.2, 0.25) is 5.78 Å². The maximum absolute atomic E-state index is 13.7. The topological polar surface area (TPSA) is 204 Å². The number of benzene rings is 2. The summed E-state index contributed by atoms with van der Waals surface area (Å²) < 4.78 is 13.7. The standard InChI is InChI=1S/C25H21FN2O8/c26-9-6-4-8(5-7-9)12-10-2-1-3-11(29)13(10)19(30)15-14(12)20(31)17-18(27)21(32)16(24(28)35)23(34)25(17,36)22(15)33/h1-7,12,14,17-18,20,29,31-33,36H,27H2,(H2,28,35)/t12-,14-,17-,18+,20+,25+/m1/s1. The van der Waals surface area contributed by atoms with Gasteiger partial charge >= 0.3 is 0 Å². The molecule has 5 rings (SSSR count). The zero-order chi connectivity index (χ0) is 26.3. The summed E-state index contributed by atoms with van der Waals surface area (Å²) in [4.78, 5) is 38.6. The van der Waals surface area contributed by atoms with Crippen LogP contribution < -0.4 is 11.5 Å². The number of hydrogen-bond donors (Lipinski definition) is 7. The van der Waals surface area contributed by atoms with Crippen LogP contribution in [0.5, 0.6) is 5.75 Å². The molecule has 0 unspecified atom stereocenters. The molecule has 0 saturated carbocycles. The second kappa shape index (κ2) is 7.72. The largest absolute Gasteiger partial charge is 0.510 e. The average Bonchev–Trinajstić information content (AvgIpc) is 2.82. The lowest BCUT2D eigenvalue weighted by atomic mass is 9.54. The molecule has 11 heteroatoms. The molecule has 2 aromatic rings. The summed E-state index contributed by atoms with van der Waals surface area (Å²) in [5.41, 5.74) is 6.87. The Morgan fingerprint density at radius 2 is 1.67 bits per heavy atom. The monoisotopic (exact) mass is 496 g/mol. The van der Waals surface area contributed by atoms with Crippen LogP contribution in [0.4, 0.5) is 4.39 Å². The van der Waals surface area contributed by atoms with Gasteiger partial charge in [-0.1, -0.05) is 24.3 Å². The van der Waals surface area contributed by atoms with E-state index in [-0.39, 0.29) is 11.1 Å². The van der Waals surface area contributed by atoms with Gasteiger partial charge in [-0.3, -0.25) is 14.4 Å². The first-order valence-corrected chi connectivity index (χ1v) is 10.9. The quantitative estimate of drug-likeness (QED) is 0.284.